The maximum absolute atomic E-state index is 13.2. The van der Waals surface area contributed by atoms with Crippen molar-refractivity contribution >= 4 is 17.5 Å². The van der Waals surface area contributed by atoms with Crippen molar-refractivity contribution < 1.29 is 22.7 Å². The molecular formula is C15H18F3N3O2. The molecule has 0 atom stereocenters. The number of nitrogens with zero attached hydrogens (tertiary/aromatic N) is 1. The van der Waals surface area contributed by atoms with Crippen molar-refractivity contribution in [3.8, 4) is 0 Å². The first-order chi connectivity index (χ1) is 10.5. The Balaban J connectivity index is 3.11. The van der Waals surface area contributed by atoms with Crippen LogP contribution in [0.2, 0.25) is 0 Å². The lowest BCUT2D eigenvalue weighted by Crippen LogP contribution is -2.38. The summed E-state index contributed by atoms with van der Waals surface area (Å²) in [6.07, 6.45) is -5.24. The minimum Gasteiger partial charge on any atom is -0.444 e. The van der Waals surface area contributed by atoms with E-state index in [4.69, 9.17) is 10.5 Å². The zero-order chi connectivity index (χ0) is 17.7. The number of nitrogens with one attached hydrogen (secondary N) is 1. The molecule has 1 aromatic rings. The number of ether oxygens (including phenoxy) is 1. The number of para-hydroxylation sites is 1. The van der Waals surface area contributed by atoms with Gasteiger partial charge in [0.15, 0.2) is 5.71 Å². The van der Waals surface area contributed by atoms with Crippen LogP contribution >= 0.6 is 0 Å². The highest BCUT2D eigenvalue weighted by Gasteiger charge is 2.39. The lowest BCUT2D eigenvalue weighted by Gasteiger charge is -2.21. The molecule has 1 aromatic carbocycles. The van der Waals surface area contributed by atoms with E-state index in [1.54, 1.807) is 39.0 Å². The second-order valence-electron chi connectivity index (χ2n) is 5.50. The lowest BCUT2D eigenvalue weighted by molar-refractivity contribution is -0.0584. The molecular weight excluding hydrogens is 311 g/mol. The first-order valence-electron chi connectivity index (χ1n) is 6.66. The van der Waals surface area contributed by atoms with Gasteiger partial charge in [-0.1, -0.05) is 18.2 Å². The first kappa shape index (κ1) is 18.5. The van der Waals surface area contributed by atoms with Gasteiger partial charge in [-0.05, 0) is 32.9 Å². The van der Waals surface area contributed by atoms with Gasteiger partial charge in [0.1, 0.15) is 5.60 Å². The van der Waals surface area contributed by atoms with Crippen molar-refractivity contribution in [2.45, 2.75) is 32.5 Å². The molecule has 0 saturated heterocycles. The maximum atomic E-state index is 13.2. The van der Waals surface area contributed by atoms with Gasteiger partial charge in [0.25, 0.3) is 0 Å². The van der Waals surface area contributed by atoms with E-state index in [1.165, 1.54) is 12.1 Å². The number of amides is 1. The van der Waals surface area contributed by atoms with Crippen LogP contribution < -0.4 is 11.1 Å². The third kappa shape index (κ3) is 6.41. The Morgan fingerprint density at radius 1 is 1.22 bits per heavy atom. The summed E-state index contributed by atoms with van der Waals surface area (Å²) in [6, 6.07) is 7.52. The summed E-state index contributed by atoms with van der Waals surface area (Å²) in [7, 11) is 0. The smallest absolute Gasteiger partial charge is 0.435 e. The third-order valence-corrected chi connectivity index (χ3v) is 2.32. The van der Waals surface area contributed by atoms with Crippen LogP contribution in [0.15, 0.2) is 47.2 Å². The maximum Gasteiger partial charge on any atom is 0.435 e. The van der Waals surface area contributed by atoms with Crippen LogP contribution in [0.5, 0.6) is 0 Å². The van der Waals surface area contributed by atoms with Crippen molar-refractivity contribution in [3.05, 3.63) is 42.2 Å². The monoisotopic (exact) mass is 329 g/mol. The second-order valence-corrected chi connectivity index (χ2v) is 5.50. The molecule has 1 rings (SSSR count). The Hall–Kier alpha value is -2.51. The number of carbonyl (C=O) groups is 1. The van der Waals surface area contributed by atoms with E-state index in [2.05, 4.69) is 4.99 Å². The molecule has 0 fully saturated rings. The minimum absolute atomic E-state index is 0.0742. The number of alkyl carbamates (subject to hydrolysis) is 1. The van der Waals surface area contributed by atoms with Crippen LogP contribution in [0.25, 0.3) is 0 Å². The number of aliphatic imine (C=N–C) groups is 1. The van der Waals surface area contributed by atoms with Crippen LogP contribution in [-0.2, 0) is 4.74 Å². The Morgan fingerprint density at radius 2 is 1.78 bits per heavy atom. The third-order valence-electron chi connectivity index (χ3n) is 2.32. The molecule has 0 aliphatic rings. The van der Waals surface area contributed by atoms with Gasteiger partial charge in [-0.2, -0.15) is 13.2 Å². The van der Waals surface area contributed by atoms with Crippen LogP contribution in [0.1, 0.15) is 20.8 Å². The molecule has 5 nitrogen and oxygen atoms in total. The van der Waals surface area contributed by atoms with Gasteiger partial charge in [0, 0.05) is 6.20 Å². The molecule has 126 valence electrons. The number of rotatable bonds is 3. The van der Waals surface area contributed by atoms with Crippen molar-refractivity contribution in [1.29, 1.82) is 0 Å². The number of carbonyl (C=O) groups excluding carboxylic acids is 1. The predicted octanol–water partition coefficient (Wildman–Crippen LogP) is 3.65. The fraction of sp³-hybridized carbons (Fsp3) is 0.333. The molecule has 1 amide bonds. The molecule has 23 heavy (non-hydrogen) atoms. The first-order valence-corrected chi connectivity index (χ1v) is 6.66. The summed E-state index contributed by atoms with van der Waals surface area (Å²) >= 11 is 0. The summed E-state index contributed by atoms with van der Waals surface area (Å²) in [5.41, 5.74) is 2.43. The minimum atomic E-state index is -4.81. The molecule has 0 bridgehead atoms. The molecule has 0 radical (unpaired) electrons. The number of allylic oxidation sites excluding steroid dienone is 1. The average Bonchev–Trinajstić information content (AvgIpc) is 2.40. The molecule has 3 N–H and O–H groups in total. The number of alkyl halides is 3. The fourth-order valence-corrected chi connectivity index (χ4v) is 1.50. The number of halogens is 3. The quantitative estimate of drug-likeness (QED) is 0.831. The summed E-state index contributed by atoms with van der Waals surface area (Å²) in [6.45, 7) is 4.75. The topological polar surface area (TPSA) is 76.7 Å². The van der Waals surface area contributed by atoms with Crippen LogP contribution in [-0.4, -0.2) is 23.6 Å². The van der Waals surface area contributed by atoms with Crippen molar-refractivity contribution in [2.75, 3.05) is 0 Å². The summed E-state index contributed by atoms with van der Waals surface area (Å²) < 4.78 is 44.5. The van der Waals surface area contributed by atoms with Gasteiger partial charge >= 0.3 is 12.3 Å². The van der Waals surface area contributed by atoms with E-state index in [9.17, 15) is 18.0 Å². The highest BCUT2D eigenvalue weighted by molar-refractivity contribution is 6.07. The summed E-state index contributed by atoms with van der Waals surface area (Å²) in [5.74, 6) is 0. The van der Waals surface area contributed by atoms with Crippen molar-refractivity contribution in [2.24, 2.45) is 10.7 Å². The second kappa shape index (κ2) is 7.17. The standard InChI is InChI=1S/C15H18F3N3O2/c1-14(2,3)23-13(22)21-11(9-19)12(15(16,17)18)20-10-7-5-4-6-8-10/h4-9H,19H2,1-3H3,(H,21,22). The van der Waals surface area contributed by atoms with Gasteiger partial charge in [-0.15, -0.1) is 0 Å². The van der Waals surface area contributed by atoms with Gasteiger partial charge < -0.3 is 10.5 Å². The van der Waals surface area contributed by atoms with E-state index in [0.717, 1.165) is 0 Å². The molecule has 0 aliphatic heterocycles. The predicted molar refractivity (Wildman–Crippen MR) is 81.2 cm³/mol. The molecule has 0 unspecified atom stereocenters. The van der Waals surface area contributed by atoms with Gasteiger partial charge in [-0.3, -0.25) is 5.32 Å². The summed E-state index contributed by atoms with van der Waals surface area (Å²) in [5, 5.41) is 1.97. The van der Waals surface area contributed by atoms with Crippen LogP contribution in [0.3, 0.4) is 0 Å². The van der Waals surface area contributed by atoms with E-state index < -0.39 is 29.3 Å². The van der Waals surface area contributed by atoms with Crippen molar-refractivity contribution in [3.63, 3.8) is 0 Å². The number of nitrogens with two attached hydrogens (primary N) is 1. The van der Waals surface area contributed by atoms with Crippen LogP contribution in [0.4, 0.5) is 23.7 Å². The molecule has 0 aromatic heterocycles. The Morgan fingerprint density at radius 3 is 2.22 bits per heavy atom. The van der Waals surface area contributed by atoms with E-state index >= 15 is 0 Å². The van der Waals surface area contributed by atoms with Crippen LogP contribution in [0, 0.1) is 0 Å². The van der Waals surface area contributed by atoms with Crippen molar-refractivity contribution in [1.82, 2.24) is 5.32 Å². The van der Waals surface area contributed by atoms with Gasteiger partial charge in [0.05, 0.1) is 11.4 Å². The van der Waals surface area contributed by atoms with Gasteiger partial charge in [-0.25, -0.2) is 9.79 Å². The lowest BCUT2D eigenvalue weighted by atomic mass is 10.2. The molecule has 0 heterocycles. The Bertz CT molecular complexity index is 603. The largest absolute Gasteiger partial charge is 0.444 e. The van der Waals surface area contributed by atoms with Gasteiger partial charge in [0.2, 0.25) is 0 Å². The Labute approximate surface area is 132 Å². The molecule has 0 aliphatic carbocycles. The Kier molecular flexibility index (Phi) is 5.78. The average molecular weight is 329 g/mol. The number of hydrogen-bond acceptors (Lipinski definition) is 4. The fourth-order valence-electron chi connectivity index (χ4n) is 1.50. The van der Waals surface area contributed by atoms with E-state index in [0.29, 0.717) is 6.20 Å². The molecule has 0 spiro atoms. The van der Waals surface area contributed by atoms with E-state index in [-0.39, 0.29) is 5.69 Å². The molecule has 8 heteroatoms. The molecule has 0 saturated carbocycles. The van der Waals surface area contributed by atoms with E-state index in [1.807, 2.05) is 5.32 Å². The number of hydrogen-bond donors (Lipinski definition) is 2. The SMILES string of the molecule is CC(C)(C)OC(=O)NC(=CN)C(=Nc1ccccc1)C(F)(F)F. The zero-order valence-corrected chi connectivity index (χ0v) is 12.9. The zero-order valence-electron chi connectivity index (χ0n) is 12.9. The number of benzene rings is 1. The summed E-state index contributed by atoms with van der Waals surface area (Å²) in [4.78, 5) is 15.2. The normalized spacial score (nSPS) is 13.7. The highest BCUT2D eigenvalue weighted by Crippen LogP contribution is 2.25. The highest BCUT2D eigenvalue weighted by atomic mass is 19.4.